The summed E-state index contributed by atoms with van der Waals surface area (Å²) < 4.78 is 0. The Labute approximate surface area is 111 Å². The molecule has 0 saturated heterocycles. The summed E-state index contributed by atoms with van der Waals surface area (Å²) in [5.74, 6) is 0.380. The van der Waals surface area contributed by atoms with Crippen LogP contribution in [0.25, 0.3) is 11.0 Å². The maximum absolute atomic E-state index is 11.2. The third-order valence-electron chi connectivity index (χ3n) is 3.91. The average Bonchev–Trinajstić information content (AvgIpc) is 3.06. The van der Waals surface area contributed by atoms with Crippen molar-refractivity contribution in [2.45, 2.75) is 44.9 Å². The number of fused-ring (bicyclic) bond motifs is 1. The van der Waals surface area contributed by atoms with Gasteiger partial charge in [-0.05, 0) is 19.3 Å². The quantitative estimate of drug-likeness (QED) is 0.888. The summed E-state index contributed by atoms with van der Waals surface area (Å²) in [5.41, 5.74) is 1.77. The Kier molecular flexibility index (Phi) is 2.97. The first-order valence-electron chi connectivity index (χ1n) is 6.82. The number of carbonyl (C=O) groups is 1. The number of hydrogen-bond acceptors (Lipinski definition) is 3. The van der Waals surface area contributed by atoms with E-state index in [1.807, 2.05) is 6.92 Å². The molecule has 0 aromatic carbocycles. The van der Waals surface area contributed by atoms with Crippen molar-refractivity contribution in [2.75, 3.05) is 0 Å². The number of rotatable bonds is 3. The highest BCUT2D eigenvalue weighted by atomic mass is 16.4. The molecule has 2 aromatic rings. The van der Waals surface area contributed by atoms with E-state index in [4.69, 9.17) is 0 Å². The zero-order valence-corrected chi connectivity index (χ0v) is 10.9. The second-order valence-corrected chi connectivity index (χ2v) is 5.09. The minimum atomic E-state index is -0.932. The van der Waals surface area contributed by atoms with E-state index in [9.17, 15) is 9.90 Å². The Bertz CT molecular complexity index is 627. The predicted octanol–water partition coefficient (Wildman–Crippen LogP) is 2.88. The minimum Gasteiger partial charge on any atom is -0.478 e. The molecular formula is C14H17N3O2. The summed E-state index contributed by atoms with van der Waals surface area (Å²) in [5, 5.41) is 9.86. The van der Waals surface area contributed by atoms with E-state index in [0.29, 0.717) is 17.0 Å². The van der Waals surface area contributed by atoms with Crippen molar-refractivity contribution in [1.29, 1.82) is 0 Å². The fraction of sp³-hybridized carbons (Fsp3) is 0.500. The molecule has 2 heterocycles. The lowest BCUT2D eigenvalue weighted by molar-refractivity contribution is 0.0699. The number of carboxylic acid groups (broad SMARTS) is 1. The molecule has 19 heavy (non-hydrogen) atoms. The molecule has 1 saturated carbocycles. The second kappa shape index (κ2) is 4.64. The first-order valence-corrected chi connectivity index (χ1v) is 6.82. The molecule has 5 nitrogen and oxygen atoms in total. The first kappa shape index (κ1) is 12.1. The molecule has 0 spiro atoms. The van der Waals surface area contributed by atoms with Crippen LogP contribution in [-0.4, -0.2) is 26.0 Å². The zero-order valence-electron chi connectivity index (χ0n) is 10.9. The molecule has 100 valence electrons. The number of aromatic nitrogens is 3. The van der Waals surface area contributed by atoms with Gasteiger partial charge in [0.25, 0.3) is 0 Å². The number of hydrogen-bond donors (Lipinski definition) is 2. The smallest absolute Gasteiger partial charge is 0.338 e. The van der Waals surface area contributed by atoms with Gasteiger partial charge >= 0.3 is 5.97 Å². The van der Waals surface area contributed by atoms with E-state index in [-0.39, 0.29) is 5.56 Å². The number of nitrogens with one attached hydrogen (secondary N) is 1. The molecule has 2 aromatic heterocycles. The number of aryl methyl sites for hydroxylation is 1. The van der Waals surface area contributed by atoms with Crippen LogP contribution in [0.15, 0.2) is 6.20 Å². The molecule has 5 heteroatoms. The Morgan fingerprint density at radius 2 is 2.16 bits per heavy atom. The van der Waals surface area contributed by atoms with Crippen LogP contribution in [0.2, 0.25) is 0 Å². The zero-order chi connectivity index (χ0) is 13.4. The van der Waals surface area contributed by atoms with Gasteiger partial charge in [0, 0.05) is 12.1 Å². The van der Waals surface area contributed by atoms with Gasteiger partial charge in [-0.15, -0.1) is 0 Å². The lowest BCUT2D eigenvalue weighted by atomic mass is 10.1. The molecule has 0 unspecified atom stereocenters. The lowest BCUT2D eigenvalue weighted by Gasteiger charge is -2.10. The van der Waals surface area contributed by atoms with Gasteiger partial charge in [-0.2, -0.15) is 0 Å². The monoisotopic (exact) mass is 259 g/mol. The Hall–Kier alpha value is -1.91. The summed E-state index contributed by atoms with van der Waals surface area (Å²) >= 11 is 0. The molecule has 0 atom stereocenters. The van der Waals surface area contributed by atoms with Gasteiger partial charge in [-0.3, -0.25) is 0 Å². The Balaban J connectivity index is 2.16. The number of H-pyrrole nitrogens is 1. The fourth-order valence-corrected chi connectivity index (χ4v) is 2.92. The normalized spacial score (nSPS) is 16.3. The first-order chi connectivity index (χ1) is 9.20. The number of aromatic carboxylic acids is 1. The molecule has 1 aliphatic rings. The molecule has 1 aliphatic carbocycles. The van der Waals surface area contributed by atoms with Crippen molar-refractivity contribution >= 4 is 17.0 Å². The largest absolute Gasteiger partial charge is 0.478 e. The van der Waals surface area contributed by atoms with Gasteiger partial charge in [0.05, 0.1) is 16.6 Å². The van der Waals surface area contributed by atoms with E-state index in [2.05, 4.69) is 15.0 Å². The molecule has 0 aliphatic heterocycles. The Morgan fingerprint density at radius 3 is 2.79 bits per heavy atom. The van der Waals surface area contributed by atoms with Crippen molar-refractivity contribution in [1.82, 2.24) is 15.0 Å². The Morgan fingerprint density at radius 1 is 1.42 bits per heavy atom. The highest BCUT2D eigenvalue weighted by Gasteiger charge is 2.23. The van der Waals surface area contributed by atoms with Crippen molar-refractivity contribution in [3.63, 3.8) is 0 Å². The predicted molar refractivity (Wildman–Crippen MR) is 71.4 cm³/mol. The highest BCUT2D eigenvalue weighted by molar-refractivity contribution is 6.03. The van der Waals surface area contributed by atoms with E-state index in [1.54, 1.807) is 0 Å². The van der Waals surface area contributed by atoms with Crippen molar-refractivity contribution in [3.8, 4) is 0 Å². The molecule has 0 bridgehead atoms. The standard InChI is InChI=1S/C14H17N3O2/c1-2-10-11-9(14(18)19)7-15-13(11)17-12(16-10)8-5-3-4-6-8/h7-8H,2-6H2,1H3,(H,18,19)(H,15,16,17). The van der Waals surface area contributed by atoms with E-state index in [0.717, 1.165) is 30.8 Å². The topological polar surface area (TPSA) is 78.9 Å². The molecule has 1 fully saturated rings. The third kappa shape index (κ3) is 1.99. The van der Waals surface area contributed by atoms with Gasteiger partial charge in [0.1, 0.15) is 11.5 Å². The summed E-state index contributed by atoms with van der Waals surface area (Å²) in [4.78, 5) is 23.3. The van der Waals surface area contributed by atoms with Crippen molar-refractivity contribution in [2.24, 2.45) is 0 Å². The SMILES string of the molecule is CCc1nc(C2CCCC2)nc2[nH]cc(C(=O)O)c12. The molecule has 2 N–H and O–H groups in total. The van der Waals surface area contributed by atoms with Gasteiger partial charge in [-0.25, -0.2) is 14.8 Å². The van der Waals surface area contributed by atoms with Crippen molar-refractivity contribution < 1.29 is 9.90 Å². The van der Waals surface area contributed by atoms with Crippen LogP contribution in [0.5, 0.6) is 0 Å². The van der Waals surface area contributed by atoms with E-state index in [1.165, 1.54) is 19.0 Å². The molecule has 0 radical (unpaired) electrons. The minimum absolute atomic E-state index is 0.268. The van der Waals surface area contributed by atoms with E-state index >= 15 is 0 Å². The highest BCUT2D eigenvalue weighted by Crippen LogP contribution is 2.33. The summed E-state index contributed by atoms with van der Waals surface area (Å²) in [7, 11) is 0. The fourth-order valence-electron chi connectivity index (χ4n) is 2.92. The molecule has 3 rings (SSSR count). The lowest BCUT2D eigenvalue weighted by Crippen LogP contribution is -2.05. The van der Waals surface area contributed by atoms with Crippen LogP contribution in [0.4, 0.5) is 0 Å². The number of carboxylic acids is 1. The van der Waals surface area contributed by atoms with Gasteiger partial charge in [0.2, 0.25) is 0 Å². The van der Waals surface area contributed by atoms with Gasteiger partial charge < -0.3 is 10.1 Å². The van der Waals surface area contributed by atoms with Crippen LogP contribution >= 0.6 is 0 Å². The molecule has 0 amide bonds. The molecular weight excluding hydrogens is 242 g/mol. The van der Waals surface area contributed by atoms with Crippen LogP contribution in [-0.2, 0) is 6.42 Å². The number of nitrogens with zero attached hydrogens (tertiary/aromatic N) is 2. The van der Waals surface area contributed by atoms with Crippen LogP contribution in [0.1, 0.15) is 60.4 Å². The summed E-state index contributed by atoms with van der Waals surface area (Å²) in [6.07, 6.45) is 6.98. The van der Waals surface area contributed by atoms with Crippen molar-refractivity contribution in [3.05, 3.63) is 23.3 Å². The second-order valence-electron chi connectivity index (χ2n) is 5.09. The third-order valence-corrected chi connectivity index (χ3v) is 3.91. The average molecular weight is 259 g/mol. The van der Waals surface area contributed by atoms with Gasteiger partial charge in [0.15, 0.2) is 0 Å². The summed E-state index contributed by atoms with van der Waals surface area (Å²) in [6, 6.07) is 0. The maximum atomic E-state index is 11.2. The number of aromatic amines is 1. The maximum Gasteiger partial charge on any atom is 0.338 e. The summed E-state index contributed by atoms with van der Waals surface area (Å²) in [6.45, 7) is 2.00. The van der Waals surface area contributed by atoms with Crippen LogP contribution in [0, 0.1) is 0 Å². The van der Waals surface area contributed by atoms with E-state index < -0.39 is 5.97 Å². The van der Waals surface area contributed by atoms with Gasteiger partial charge in [-0.1, -0.05) is 19.8 Å². The van der Waals surface area contributed by atoms with Crippen LogP contribution in [0.3, 0.4) is 0 Å². The van der Waals surface area contributed by atoms with Crippen LogP contribution < -0.4 is 0 Å².